The van der Waals surface area contributed by atoms with Gasteiger partial charge in [0, 0.05) is 53.6 Å². The van der Waals surface area contributed by atoms with Crippen LogP contribution in [-0.2, 0) is 0 Å². The third kappa shape index (κ3) is 4.47. The molecule has 0 bridgehead atoms. The van der Waals surface area contributed by atoms with E-state index >= 15 is 0 Å². The zero-order valence-electron chi connectivity index (χ0n) is 18.2. The smallest absolute Gasteiger partial charge is 0.253 e. The third-order valence-corrected chi connectivity index (χ3v) is 6.19. The van der Waals surface area contributed by atoms with Crippen molar-refractivity contribution in [3.05, 3.63) is 88.9 Å². The van der Waals surface area contributed by atoms with Crippen molar-refractivity contribution in [2.24, 2.45) is 0 Å². The Morgan fingerprint density at radius 3 is 2.21 bits per heavy atom. The minimum Gasteiger partial charge on any atom is -0.416 e. The van der Waals surface area contributed by atoms with Crippen LogP contribution in [0.25, 0.3) is 22.9 Å². The van der Waals surface area contributed by atoms with Gasteiger partial charge in [-0.2, -0.15) is 0 Å². The predicted octanol–water partition coefficient (Wildman–Crippen LogP) is 5.33. The molecule has 0 spiro atoms. The van der Waals surface area contributed by atoms with Gasteiger partial charge in [0.25, 0.3) is 5.91 Å². The number of nitrogens with zero attached hydrogens (tertiary/aromatic N) is 4. The Hall–Kier alpha value is -3.64. The Balaban J connectivity index is 1.24. The highest BCUT2D eigenvalue weighted by atomic mass is 35.5. The van der Waals surface area contributed by atoms with Gasteiger partial charge in [-0.15, -0.1) is 10.2 Å². The molecule has 1 amide bonds. The first-order chi connectivity index (χ1) is 16.1. The monoisotopic (exact) mass is 458 g/mol. The summed E-state index contributed by atoms with van der Waals surface area (Å²) in [5.74, 6) is 0.953. The quantitative estimate of drug-likeness (QED) is 0.413. The van der Waals surface area contributed by atoms with Gasteiger partial charge in [-0.1, -0.05) is 29.8 Å². The van der Waals surface area contributed by atoms with Crippen LogP contribution in [0, 0.1) is 6.92 Å². The van der Waals surface area contributed by atoms with Crippen molar-refractivity contribution in [3.8, 4) is 22.9 Å². The molecule has 2 heterocycles. The Kier molecular flexibility index (Phi) is 5.84. The molecule has 1 aliphatic heterocycles. The molecule has 1 aromatic heterocycles. The summed E-state index contributed by atoms with van der Waals surface area (Å²) in [7, 11) is 0. The minimum atomic E-state index is 0.0310. The second-order valence-electron chi connectivity index (χ2n) is 8.06. The molecular formula is C26H23ClN4O2. The van der Waals surface area contributed by atoms with E-state index in [-0.39, 0.29) is 5.91 Å². The van der Waals surface area contributed by atoms with Crippen LogP contribution in [0.3, 0.4) is 0 Å². The van der Waals surface area contributed by atoms with Crippen LogP contribution >= 0.6 is 11.6 Å². The number of anilines is 1. The van der Waals surface area contributed by atoms with Crippen LogP contribution in [0.15, 0.2) is 77.2 Å². The lowest BCUT2D eigenvalue weighted by atomic mass is 10.1. The van der Waals surface area contributed by atoms with Crippen LogP contribution in [-0.4, -0.2) is 47.2 Å². The fraction of sp³-hybridized carbons (Fsp3) is 0.192. The molecule has 7 heteroatoms. The summed E-state index contributed by atoms with van der Waals surface area (Å²) in [6.45, 7) is 4.93. The maximum atomic E-state index is 13.0. The number of carbonyl (C=O) groups excluding carboxylic acids is 1. The molecule has 0 saturated carbocycles. The van der Waals surface area contributed by atoms with Gasteiger partial charge in [0.15, 0.2) is 0 Å². The second kappa shape index (κ2) is 9.08. The van der Waals surface area contributed by atoms with E-state index in [1.165, 1.54) is 0 Å². The van der Waals surface area contributed by atoms with E-state index in [0.29, 0.717) is 30.4 Å². The number of carbonyl (C=O) groups is 1. The summed E-state index contributed by atoms with van der Waals surface area (Å²) < 4.78 is 5.88. The lowest BCUT2D eigenvalue weighted by molar-refractivity contribution is 0.0747. The molecule has 0 aliphatic carbocycles. The minimum absolute atomic E-state index is 0.0310. The predicted molar refractivity (Wildman–Crippen MR) is 129 cm³/mol. The van der Waals surface area contributed by atoms with Crippen LogP contribution < -0.4 is 4.90 Å². The molecule has 3 aromatic carbocycles. The Morgan fingerprint density at radius 2 is 1.52 bits per heavy atom. The second-order valence-corrected chi connectivity index (χ2v) is 8.50. The first-order valence-corrected chi connectivity index (χ1v) is 11.3. The number of benzene rings is 3. The summed E-state index contributed by atoms with van der Waals surface area (Å²) in [6.07, 6.45) is 0. The van der Waals surface area contributed by atoms with E-state index < -0.39 is 0 Å². The molecule has 1 saturated heterocycles. The summed E-state index contributed by atoms with van der Waals surface area (Å²) in [4.78, 5) is 17.2. The fourth-order valence-electron chi connectivity index (χ4n) is 4.02. The first-order valence-electron chi connectivity index (χ1n) is 10.9. The van der Waals surface area contributed by atoms with E-state index in [4.69, 9.17) is 16.0 Å². The molecule has 33 heavy (non-hydrogen) atoms. The van der Waals surface area contributed by atoms with Gasteiger partial charge >= 0.3 is 0 Å². The van der Waals surface area contributed by atoms with Gasteiger partial charge in [-0.05, 0) is 67.1 Å². The van der Waals surface area contributed by atoms with Crippen molar-refractivity contribution in [2.75, 3.05) is 31.1 Å². The molecule has 0 N–H and O–H groups in total. The maximum Gasteiger partial charge on any atom is 0.253 e. The molecule has 0 unspecified atom stereocenters. The Labute approximate surface area is 197 Å². The highest BCUT2D eigenvalue weighted by Crippen LogP contribution is 2.26. The van der Waals surface area contributed by atoms with Crippen LogP contribution in [0.2, 0.25) is 5.02 Å². The Morgan fingerprint density at radius 1 is 0.848 bits per heavy atom. The van der Waals surface area contributed by atoms with Crippen molar-refractivity contribution >= 4 is 23.2 Å². The number of rotatable bonds is 4. The number of halogens is 1. The van der Waals surface area contributed by atoms with Gasteiger partial charge in [0.1, 0.15) is 0 Å². The number of hydrogen-bond acceptors (Lipinski definition) is 5. The van der Waals surface area contributed by atoms with Crippen LogP contribution in [0.1, 0.15) is 15.9 Å². The zero-order chi connectivity index (χ0) is 22.8. The molecule has 1 fully saturated rings. The standard InChI is InChI=1S/C26H23ClN4O2/c1-18-4-2-3-5-23(18)25-29-28-24(33-25)19-6-8-20(9-7-19)26(32)31-16-14-30(15-17-31)22-12-10-21(27)11-13-22/h2-13H,14-17H2,1H3. The zero-order valence-corrected chi connectivity index (χ0v) is 19.0. The lowest BCUT2D eigenvalue weighted by Crippen LogP contribution is -2.48. The van der Waals surface area contributed by atoms with Gasteiger partial charge in [-0.3, -0.25) is 4.79 Å². The molecule has 1 aliphatic rings. The fourth-order valence-corrected chi connectivity index (χ4v) is 4.15. The van der Waals surface area contributed by atoms with Crippen molar-refractivity contribution in [1.82, 2.24) is 15.1 Å². The topological polar surface area (TPSA) is 62.5 Å². The lowest BCUT2D eigenvalue weighted by Gasteiger charge is -2.36. The van der Waals surface area contributed by atoms with Crippen LogP contribution in [0.5, 0.6) is 0 Å². The number of aromatic nitrogens is 2. The number of amides is 1. The van der Waals surface area contributed by atoms with Crippen molar-refractivity contribution in [1.29, 1.82) is 0 Å². The summed E-state index contributed by atoms with van der Waals surface area (Å²) in [6, 6.07) is 23.1. The number of hydrogen-bond donors (Lipinski definition) is 0. The molecule has 6 nitrogen and oxygen atoms in total. The molecular weight excluding hydrogens is 436 g/mol. The largest absolute Gasteiger partial charge is 0.416 e. The molecule has 4 aromatic rings. The van der Waals surface area contributed by atoms with E-state index in [1.807, 2.05) is 84.6 Å². The van der Waals surface area contributed by atoms with Gasteiger partial charge < -0.3 is 14.2 Å². The SMILES string of the molecule is Cc1ccccc1-c1nnc(-c2ccc(C(=O)N3CCN(c4ccc(Cl)cc4)CC3)cc2)o1. The van der Waals surface area contributed by atoms with Gasteiger partial charge in [0.2, 0.25) is 11.8 Å². The van der Waals surface area contributed by atoms with Crippen molar-refractivity contribution < 1.29 is 9.21 Å². The first kappa shape index (κ1) is 21.2. The van der Waals surface area contributed by atoms with E-state index in [2.05, 4.69) is 15.1 Å². The van der Waals surface area contributed by atoms with Crippen LogP contribution in [0.4, 0.5) is 5.69 Å². The summed E-state index contributed by atoms with van der Waals surface area (Å²) >= 11 is 5.98. The third-order valence-electron chi connectivity index (χ3n) is 5.94. The van der Waals surface area contributed by atoms with Gasteiger partial charge in [0.05, 0.1) is 0 Å². The van der Waals surface area contributed by atoms with E-state index in [9.17, 15) is 4.79 Å². The normalized spacial score (nSPS) is 13.9. The van der Waals surface area contributed by atoms with E-state index in [1.54, 1.807) is 0 Å². The highest BCUT2D eigenvalue weighted by molar-refractivity contribution is 6.30. The Bertz CT molecular complexity index is 1260. The summed E-state index contributed by atoms with van der Waals surface area (Å²) in [5.41, 5.74) is 4.55. The van der Waals surface area contributed by atoms with Crippen molar-refractivity contribution in [2.45, 2.75) is 6.92 Å². The highest BCUT2D eigenvalue weighted by Gasteiger charge is 2.22. The average molecular weight is 459 g/mol. The maximum absolute atomic E-state index is 13.0. The van der Waals surface area contributed by atoms with Gasteiger partial charge in [-0.25, -0.2) is 0 Å². The number of piperazine rings is 1. The summed E-state index contributed by atoms with van der Waals surface area (Å²) in [5, 5.41) is 9.10. The number of aryl methyl sites for hydroxylation is 1. The molecule has 166 valence electrons. The van der Waals surface area contributed by atoms with E-state index in [0.717, 1.165) is 40.5 Å². The van der Waals surface area contributed by atoms with Crippen molar-refractivity contribution in [3.63, 3.8) is 0 Å². The molecule has 5 rings (SSSR count). The molecule has 0 radical (unpaired) electrons. The average Bonchev–Trinajstić information content (AvgIpc) is 3.35. The molecule has 0 atom stereocenters.